The van der Waals surface area contributed by atoms with Crippen molar-refractivity contribution in [3.05, 3.63) is 34.4 Å². The molecule has 0 aliphatic rings. The zero-order valence-corrected chi connectivity index (χ0v) is 11.6. The monoisotopic (exact) mass is 235 g/mol. The Morgan fingerprint density at radius 2 is 1.71 bits per heavy atom. The molecule has 0 radical (unpaired) electrons. The van der Waals surface area contributed by atoms with Crippen LogP contribution in [0.25, 0.3) is 0 Å². The van der Waals surface area contributed by atoms with Crippen LogP contribution < -0.4 is 5.32 Å². The van der Waals surface area contributed by atoms with Crippen molar-refractivity contribution in [2.45, 2.75) is 40.2 Å². The first-order chi connectivity index (χ1) is 8.15. The fourth-order valence-electron chi connectivity index (χ4n) is 2.20. The predicted octanol–water partition coefficient (Wildman–Crippen LogP) is 3.13. The summed E-state index contributed by atoms with van der Waals surface area (Å²) in [5.41, 5.74) is 5.59. The molecule has 0 spiro atoms. The van der Waals surface area contributed by atoms with Crippen LogP contribution in [0.2, 0.25) is 0 Å². The summed E-state index contributed by atoms with van der Waals surface area (Å²) >= 11 is 0. The summed E-state index contributed by atoms with van der Waals surface area (Å²) in [5, 5.41) is 3.51. The number of rotatable bonds is 7. The number of nitrogens with one attached hydrogen (secondary N) is 1. The highest BCUT2D eigenvalue weighted by molar-refractivity contribution is 5.37. The van der Waals surface area contributed by atoms with Gasteiger partial charge in [0.1, 0.15) is 0 Å². The Balaban J connectivity index is 2.36. The van der Waals surface area contributed by atoms with E-state index in [0.29, 0.717) is 0 Å². The molecule has 2 nitrogen and oxygen atoms in total. The minimum atomic E-state index is 0.865. The van der Waals surface area contributed by atoms with Gasteiger partial charge in [0.25, 0.3) is 0 Å². The standard InChI is InChI=1S/C15H25NO/c1-12-9-13(2)15(14(3)10-12)11-16-7-5-6-8-17-4/h9-10,16H,5-8,11H2,1-4H3. The van der Waals surface area contributed by atoms with Gasteiger partial charge in [-0.05, 0) is 56.8 Å². The Labute approximate surface area is 105 Å². The SMILES string of the molecule is COCCCCNCc1c(C)cc(C)cc1C. The van der Waals surface area contributed by atoms with Crippen molar-refractivity contribution in [1.82, 2.24) is 5.32 Å². The minimum absolute atomic E-state index is 0.865. The predicted molar refractivity (Wildman–Crippen MR) is 73.5 cm³/mol. The van der Waals surface area contributed by atoms with Gasteiger partial charge in [0.15, 0.2) is 0 Å². The van der Waals surface area contributed by atoms with E-state index in [1.807, 2.05) is 0 Å². The van der Waals surface area contributed by atoms with Crippen LogP contribution in [0.3, 0.4) is 0 Å². The van der Waals surface area contributed by atoms with Crippen LogP contribution in [0.4, 0.5) is 0 Å². The molecule has 1 N–H and O–H groups in total. The fraction of sp³-hybridized carbons (Fsp3) is 0.600. The third-order valence-electron chi connectivity index (χ3n) is 3.09. The van der Waals surface area contributed by atoms with E-state index in [4.69, 9.17) is 4.74 Å². The number of benzene rings is 1. The number of hydrogen-bond acceptors (Lipinski definition) is 2. The lowest BCUT2D eigenvalue weighted by Crippen LogP contribution is -2.16. The normalized spacial score (nSPS) is 10.8. The highest BCUT2D eigenvalue weighted by atomic mass is 16.5. The van der Waals surface area contributed by atoms with E-state index in [-0.39, 0.29) is 0 Å². The summed E-state index contributed by atoms with van der Waals surface area (Å²) in [6.07, 6.45) is 2.31. The van der Waals surface area contributed by atoms with E-state index in [0.717, 1.165) is 26.1 Å². The average molecular weight is 235 g/mol. The van der Waals surface area contributed by atoms with E-state index in [1.54, 1.807) is 7.11 Å². The fourth-order valence-corrected chi connectivity index (χ4v) is 2.20. The van der Waals surface area contributed by atoms with Gasteiger partial charge in [-0.1, -0.05) is 17.7 Å². The van der Waals surface area contributed by atoms with Crippen molar-refractivity contribution in [3.8, 4) is 0 Å². The summed E-state index contributed by atoms with van der Waals surface area (Å²) in [7, 11) is 1.76. The molecule has 0 saturated heterocycles. The molecule has 0 fully saturated rings. The molecule has 17 heavy (non-hydrogen) atoms. The molecule has 0 unspecified atom stereocenters. The molecule has 2 heteroatoms. The molecule has 0 atom stereocenters. The number of unbranched alkanes of at least 4 members (excludes halogenated alkanes) is 1. The minimum Gasteiger partial charge on any atom is -0.385 e. The molecule has 1 aromatic rings. The zero-order chi connectivity index (χ0) is 12.7. The second kappa shape index (κ2) is 7.46. The lowest BCUT2D eigenvalue weighted by atomic mass is 10.00. The van der Waals surface area contributed by atoms with Gasteiger partial charge in [-0.25, -0.2) is 0 Å². The number of ether oxygens (including phenoxy) is 1. The lowest BCUT2D eigenvalue weighted by molar-refractivity contribution is 0.192. The second-order valence-corrected chi connectivity index (χ2v) is 4.75. The molecule has 0 aliphatic heterocycles. The molecule has 0 bridgehead atoms. The smallest absolute Gasteiger partial charge is 0.0462 e. The van der Waals surface area contributed by atoms with Gasteiger partial charge >= 0.3 is 0 Å². The molecular formula is C15H25NO. The molecule has 0 saturated carbocycles. The Morgan fingerprint density at radius 3 is 2.29 bits per heavy atom. The molecule has 1 rings (SSSR count). The van der Waals surface area contributed by atoms with Gasteiger partial charge in [0.05, 0.1) is 0 Å². The van der Waals surface area contributed by atoms with Crippen molar-refractivity contribution in [2.24, 2.45) is 0 Å². The summed E-state index contributed by atoms with van der Waals surface area (Å²) in [5.74, 6) is 0. The number of methoxy groups -OCH3 is 1. The van der Waals surface area contributed by atoms with Gasteiger partial charge in [-0.2, -0.15) is 0 Å². The van der Waals surface area contributed by atoms with Crippen molar-refractivity contribution in [1.29, 1.82) is 0 Å². The molecule has 0 aromatic heterocycles. The highest BCUT2D eigenvalue weighted by Gasteiger charge is 2.02. The summed E-state index contributed by atoms with van der Waals surface area (Å²) in [4.78, 5) is 0. The molecule has 0 aliphatic carbocycles. The third kappa shape index (κ3) is 4.88. The van der Waals surface area contributed by atoms with Crippen LogP contribution in [0.1, 0.15) is 35.1 Å². The lowest BCUT2D eigenvalue weighted by Gasteiger charge is -2.12. The maximum absolute atomic E-state index is 5.03. The van der Waals surface area contributed by atoms with Crippen molar-refractivity contribution in [2.75, 3.05) is 20.3 Å². The first-order valence-corrected chi connectivity index (χ1v) is 6.41. The molecule has 96 valence electrons. The maximum Gasteiger partial charge on any atom is 0.0462 e. The highest BCUT2D eigenvalue weighted by Crippen LogP contribution is 2.15. The molecule has 1 aromatic carbocycles. The number of hydrogen-bond donors (Lipinski definition) is 1. The van der Waals surface area contributed by atoms with Gasteiger partial charge in [0, 0.05) is 20.3 Å². The van der Waals surface area contributed by atoms with Crippen molar-refractivity contribution in [3.63, 3.8) is 0 Å². The van der Waals surface area contributed by atoms with Crippen LogP contribution >= 0.6 is 0 Å². The molecule has 0 amide bonds. The van der Waals surface area contributed by atoms with E-state index in [2.05, 4.69) is 38.2 Å². The quantitative estimate of drug-likeness (QED) is 0.733. The summed E-state index contributed by atoms with van der Waals surface area (Å²) in [6, 6.07) is 4.52. The topological polar surface area (TPSA) is 21.3 Å². The van der Waals surface area contributed by atoms with Crippen LogP contribution in [-0.4, -0.2) is 20.3 Å². The maximum atomic E-state index is 5.03. The van der Waals surface area contributed by atoms with E-state index >= 15 is 0 Å². The Bertz CT molecular complexity index is 324. The van der Waals surface area contributed by atoms with E-state index < -0.39 is 0 Å². The third-order valence-corrected chi connectivity index (χ3v) is 3.09. The van der Waals surface area contributed by atoms with Crippen molar-refractivity contribution >= 4 is 0 Å². The average Bonchev–Trinajstić information content (AvgIpc) is 2.26. The van der Waals surface area contributed by atoms with Crippen LogP contribution in [0, 0.1) is 20.8 Å². The van der Waals surface area contributed by atoms with Crippen LogP contribution in [0.15, 0.2) is 12.1 Å². The van der Waals surface area contributed by atoms with Gasteiger partial charge < -0.3 is 10.1 Å². The zero-order valence-electron chi connectivity index (χ0n) is 11.6. The first-order valence-electron chi connectivity index (χ1n) is 6.41. The van der Waals surface area contributed by atoms with E-state index in [1.165, 1.54) is 28.7 Å². The Kier molecular flexibility index (Phi) is 6.23. The molecular weight excluding hydrogens is 210 g/mol. The Hall–Kier alpha value is -0.860. The van der Waals surface area contributed by atoms with Gasteiger partial charge in [-0.3, -0.25) is 0 Å². The largest absolute Gasteiger partial charge is 0.385 e. The van der Waals surface area contributed by atoms with Crippen molar-refractivity contribution < 1.29 is 4.74 Å². The second-order valence-electron chi connectivity index (χ2n) is 4.75. The van der Waals surface area contributed by atoms with Crippen LogP contribution in [-0.2, 0) is 11.3 Å². The summed E-state index contributed by atoms with van der Waals surface area (Å²) in [6.45, 7) is 9.46. The number of aryl methyl sites for hydroxylation is 3. The van der Waals surface area contributed by atoms with Gasteiger partial charge in [0.2, 0.25) is 0 Å². The van der Waals surface area contributed by atoms with E-state index in [9.17, 15) is 0 Å². The first kappa shape index (κ1) is 14.2. The Morgan fingerprint density at radius 1 is 1.06 bits per heavy atom. The van der Waals surface area contributed by atoms with Crippen LogP contribution in [0.5, 0.6) is 0 Å². The molecule has 0 heterocycles. The van der Waals surface area contributed by atoms with Gasteiger partial charge in [-0.15, -0.1) is 0 Å². The summed E-state index contributed by atoms with van der Waals surface area (Å²) < 4.78 is 5.03.